The van der Waals surface area contributed by atoms with Crippen LogP contribution in [-0.2, 0) is 6.54 Å². The fourth-order valence-electron chi connectivity index (χ4n) is 1.85. The van der Waals surface area contributed by atoms with E-state index in [0.29, 0.717) is 18.0 Å². The van der Waals surface area contributed by atoms with Crippen LogP contribution in [0.1, 0.15) is 24.2 Å². The average Bonchev–Trinajstić information content (AvgIpc) is 2.91. The normalized spacial score (nSPS) is 12.4. The standard InChI is InChI=1S/C14H17BrN4O/c1-10(2)13(9-19-8-7-16-18-19)17-14(20)11-5-3-4-6-12(11)15/h3-8,10,13H,9H2,1-2H3,(H,17,20)/t13-/m1/s1. The van der Waals surface area contributed by atoms with Crippen LogP contribution in [0.15, 0.2) is 41.1 Å². The molecule has 2 aromatic rings. The van der Waals surface area contributed by atoms with Crippen LogP contribution in [0.2, 0.25) is 0 Å². The van der Waals surface area contributed by atoms with Gasteiger partial charge in [0.2, 0.25) is 0 Å². The molecule has 0 saturated carbocycles. The maximum atomic E-state index is 12.3. The van der Waals surface area contributed by atoms with Crippen LogP contribution in [-0.4, -0.2) is 26.9 Å². The second-order valence-electron chi connectivity index (χ2n) is 4.93. The lowest BCUT2D eigenvalue weighted by molar-refractivity contribution is 0.0918. The molecule has 0 radical (unpaired) electrons. The Labute approximate surface area is 126 Å². The van der Waals surface area contributed by atoms with Crippen molar-refractivity contribution in [2.75, 3.05) is 0 Å². The van der Waals surface area contributed by atoms with Crippen molar-refractivity contribution < 1.29 is 4.79 Å². The maximum absolute atomic E-state index is 12.3. The SMILES string of the molecule is CC(C)[C@@H](Cn1ccnn1)NC(=O)c1ccccc1Br. The number of nitrogens with one attached hydrogen (secondary N) is 1. The zero-order valence-corrected chi connectivity index (χ0v) is 13.0. The Morgan fingerprint density at radius 3 is 2.75 bits per heavy atom. The summed E-state index contributed by atoms with van der Waals surface area (Å²) in [6, 6.07) is 7.39. The Bertz CT molecular complexity index is 568. The van der Waals surface area contributed by atoms with Gasteiger partial charge in [0.25, 0.3) is 5.91 Å². The fourth-order valence-corrected chi connectivity index (χ4v) is 2.31. The quantitative estimate of drug-likeness (QED) is 0.912. The van der Waals surface area contributed by atoms with E-state index in [1.165, 1.54) is 0 Å². The van der Waals surface area contributed by atoms with Crippen LogP contribution >= 0.6 is 15.9 Å². The zero-order valence-electron chi connectivity index (χ0n) is 11.5. The lowest BCUT2D eigenvalue weighted by Gasteiger charge is -2.22. The third-order valence-electron chi connectivity index (χ3n) is 3.10. The maximum Gasteiger partial charge on any atom is 0.252 e. The lowest BCUT2D eigenvalue weighted by Crippen LogP contribution is -2.41. The van der Waals surface area contributed by atoms with Gasteiger partial charge in [0, 0.05) is 10.7 Å². The molecule has 0 aliphatic carbocycles. The molecule has 106 valence electrons. The summed E-state index contributed by atoms with van der Waals surface area (Å²) in [5.74, 6) is 0.210. The zero-order chi connectivity index (χ0) is 14.5. The van der Waals surface area contributed by atoms with E-state index in [4.69, 9.17) is 0 Å². The van der Waals surface area contributed by atoms with Gasteiger partial charge < -0.3 is 5.32 Å². The summed E-state index contributed by atoms with van der Waals surface area (Å²) in [4.78, 5) is 12.3. The van der Waals surface area contributed by atoms with Gasteiger partial charge in [0.1, 0.15) is 0 Å². The van der Waals surface area contributed by atoms with Crippen molar-refractivity contribution >= 4 is 21.8 Å². The Morgan fingerprint density at radius 1 is 1.40 bits per heavy atom. The van der Waals surface area contributed by atoms with Crippen LogP contribution in [0.4, 0.5) is 0 Å². The molecule has 0 aliphatic rings. The van der Waals surface area contributed by atoms with Gasteiger partial charge >= 0.3 is 0 Å². The van der Waals surface area contributed by atoms with E-state index in [-0.39, 0.29) is 11.9 Å². The van der Waals surface area contributed by atoms with Crippen LogP contribution in [0.25, 0.3) is 0 Å². The number of hydrogen-bond acceptors (Lipinski definition) is 3. The fraction of sp³-hybridized carbons (Fsp3) is 0.357. The lowest BCUT2D eigenvalue weighted by atomic mass is 10.0. The molecule has 5 nitrogen and oxygen atoms in total. The van der Waals surface area contributed by atoms with Gasteiger partial charge in [-0.2, -0.15) is 0 Å². The van der Waals surface area contributed by atoms with Crippen molar-refractivity contribution in [3.63, 3.8) is 0 Å². The highest BCUT2D eigenvalue weighted by Crippen LogP contribution is 2.16. The van der Waals surface area contributed by atoms with Crippen LogP contribution in [0.3, 0.4) is 0 Å². The first-order valence-corrected chi connectivity index (χ1v) is 7.26. The molecule has 6 heteroatoms. The van der Waals surface area contributed by atoms with Crippen molar-refractivity contribution in [1.82, 2.24) is 20.3 Å². The minimum Gasteiger partial charge on any atom is -0.347 e. The van der Waals surface area contributed by atoms with Gasteiger partial charge in [-0.25, -0.2) is 0 Å². The number of halogens is 1. The smallest absolute Gasteiger partial charge is 0.252 e. The van der Waals surface area contributed by atoms with Crippen molar-refractivity contribution in [3.05, 3.63) is 46.7 Å². The molecule has 20 heavy (non-hydrogen) atoms. The molecule has 0 aliphatic heterocycles. The number of rotatable bonds is 5. The van der Waals surface area contributed by atoms with Gasteiger partial charge in [-0.05, 0) is 34.0 Å². The van der Waals surface area contributed by atoms with E-state index in [0.717, 1.165) is 4.47 Å². The molecule has 1 atom stereocenters. The highest BCUT2D eigenvalue weighted by atomic mass is 79.9. The molecule has 1 heterocycles. The number of benzene rings is 1. The molecule has 1 aromatic heterocycles. The van der Waals surface area contributed by atoms with E-state index in [9.17, 15) is 4.79 Å². The summed E-state index contributed by atoms with van der Waals surface area (Å²) >= 11 is 3.40. The molecular weight excluding hydrogens is 320 g/mol. The van der Waals surface area contributed by atoms with Crippen molar-refractivity contribution in [1.29, 1.82) is 0 Å². The minimum atomic E-state index is -0.0868. The third-order valence-corrected chi connectivity index (χ3v) is 3.79. The number of hydrogen-bond donors (Lipinski definition) is 1. The summed E-state index contributed by atoms with van der Waals surface area (Å²) in [5.41, 5.74) is 0.636. The first-order valence-electron chi connectivity index (χ1n) is 6.47. The van der Waals surface area contributed by atoms with Gasteiger partial charge in [-0.15, -0.1) is 5.10 Å². The Morgan fingerprint density at radius 2 is 2.15 bits per heavy atom. The number of aromatic nitrogens is 3. The third kappa shape index (κ3) is 3.66. The van der Waals surface area contributed by atoms with Gasteiger partial charge in [0.15, 0.2) is 0 Å². The second-order valence-corrected chi connectivity index (χ2v) is 5.78. The molecule has 0 unspecified atom stereocenters. The number of carbonyl (C=O) groups is 1. The molecule has 0 bridgehead atoms. The number of carbonyl (C=O) groups excluding carboxylic acids is 1. The molecule has 0 fully saturated rings. The van der Waals surface area contributed by atoms with Crippen molar-refractivity contribution in [3.8, 4) is 0 Å². The minimum absolute atomic E-state index is 0.00342. The molecule has 1 amide bonds. The second kappa shape index (κ2) is 6.65. The van der Waals surface area contributed by atoms with E-state index < -0.39 is 0 Å². The first-order chi connectivity index (χ1) is 9.58. The van der Waals surface area contributed by atoms with Crippen LogP contribution in [0, 0.1) is 5.92 Å². The van der Waals surface area contributed by atoms with Crippen molar-refractivity contribution in [2.45, 2.75) is 26.4 Å². The Balaban J connectivity index is 2.08. The van der Waals surface area contributed by atoms with Gasteiger partial charge in [-0.3, -0.25) is 9.48 Å². The van der Waals surface area contributed by atoms with Crippen LogP contribution < -0.4 is 5.32 Å². The topological polar surface area (TPSA) is 59.8 Å². The highest BCUT2D eigenvalue weighted by Gasteiger charge is 2.19. The average molecular weight is 337 g/mol. The number of nitrogens with zero attached hydrogens (tertiary/aromatic N) is 3. The predicted octanol–water partition coefficient (Wildman–Crippen LogP) is 2.50. The van der Waals surface area contributed by atoms with Crippen LogP contribution in [0.5, 0.6) is 0 Å². The summed E-state index contributed by atoms with van der Waals surface area (Å²) in [7, 11) is 0. The summed E-state index contributed by atoms with van der Waals surface area (Å²) in [6.45, 7) is 4.75. The molecule has 0 saturated heterocycles. The van der Waals surface area contributed by atoms with Crippen molar-refractivity contribution in [2.24, 2.45) is 5.92 Å². The summed E-state index contributed by atoms with van der Waals surface area (Å²) < 4.78 is 2.52. The molecule has 1 N–H and O–H groups in total. The van der Waals surface area contributed by atoms with E-state index >= 15 is 0 Å². The molecular formula is C14H17BrN4O. The van der Waals surface area contributed by atoms with E-state index in [2.05, 4.69) is 45.4 Å². The van der Waals surface area contributed by atoms with E-state index in [1.807, 2.05) is 18.2 Å². The molecule has 2 rings (SSSR count). The Kier molecular flexibility index (Phi) is 4.89. The summed E-state index contributed by atoms with van der Waals surface area (Å²) in [5, 5.41) is 10.8. The Hall–Kier alpha value is -1.69. The predicted molar refractivity (Wildman–Crippen MR) is 80.3 cm³/mol. The first kappa shape index (κ1) is 14.7. The molecule has 0 spiro atoms. The largest absolute Gasteiger partial charge is 0.347 e. The van der Waals surface area contributed by atoms with Gasteiger partial charge in [-0.1, -0.05) is 31.2 Å². The van der Waals surface area contributed by atoms with E-state index in [1.54, 1.807) is 23.1 Å². The monoisotopic (exact) mass is 336 g/mol. The summed E-state index contributed by atoms with van der Waals surface area (Å²) in [6.07, 6.45) is 3.42. The number of amides is 1. The molecule has 1 aromatic carbocycles. The van der Waals surface area contributed by atoms with Gasteiger partial charge in [0.05, 0.1) is 24.3 Å². The highest BCUT2D eigenvalue weighted by molar-refractivity contribution is 9.10.